The van der Waals surface area contributed by atoms with Gasteiger partial charge in [-0.3, -0.25) is 4.79 Å². The highest BCUT2D eigenvalue weighted by atomic mass is 32.2. The summed E-state index contributed by atoms with van der Waals surface area (Å²) in [6.07, 6.45) is 1.92. The van der Waals surface area contributed by atoms with E-state index in [0.717, 1.165) is 24.9 Å². The second kappa shape index (κ2) is 8.75. The molecule has 8 heteroatoms. The first-order chi connectivity index (χ1) is 11.8. The Balaban J connectivity index is 2.16. The maximum atomic E-state index is 12.6. The Labute approximate surface area is 149 Å². The molecule has 1 aromatic carbocycles. The van der Waals surface area contributed by atoms with Crippen molar-refractivity contribution in [3.63, 3.8) is 0 Å². The monoisotopic (exact) mass is 369 g/mol. The highest BCUT2D eigenvalue weighted by Crippen LogP contribution is 2.17. The molecule has 0 radical (unpaired) electrons. The van der Waals surface area contributed by atoms with Gasteiger partial charge in [-0.1, -0.05) is 6.07 Å². The molecule has 1 aliphatic heterocycles. The molecule has 1 amide bonds. The lowest BCUT2D eigenvalue weighted by atomic mass is 9.99. The van der Waals surface area contributed by atoms with Crippen LogP contribution in [0.25, 0.3) is 0 Å². The smallest absolute Gasteiger partial charge is 0.251 e. The number of piperidine rings is 1. The molecule has 2 atom stereocenters. The Hall–Kier alpha value is -1.48. The van der Waals surface area contributed by atoms with Gasteiger partial charge < -0.3 is 15.4 Å². The zero-order valence-electron chi connectivity index (χ0n) is 15.0. The van der Waals surface area contributed by atoms with E-state index < -0.39 is 10.0 Å². The van der Waals surface area contributed by atoms with Crippen molar-refractivity contribution in [2.45, 2.75) is 43.7 Å². The predicted octanol–water partition coefficient (Wildman–Crippen LogP) is 0.790. The SMILES string of the molecule is COCCNS(=O)(=O)c1ccc(C)c(C(=O)NC2CCCNC2C)c1. The van der Waals surface area contributed by atoms with Crippen LogP contribution in [0.1, 0.15) is 35.7 Å². The fraction of sp³-hybridized carbons (Fsp3) is 0.588. The Kier molecular flexibility index (Phi) is 6.95. The van der Waals surface area contributed by atoms with Crippen LogP contribution in [0.15, 0.2) is 23.1 Å². The molecule has 1 aliphatic rings. The standard InChI is InChI=1S/C17H27N3O4S/c1-12-6-7-14(25(22,23)19-9-10-24-3)11-15(12)17(21)20-16-5-4-8-18-13(16)2/h6-7,11,13,16,18-19H,4-5,8-10H2,1-3H3,(H,20,21). The Morgan fingerprint density at radius 1 is 1.40 bits per heavy atom. The van der Waals surface area contributed by atoms with Crippen LogP contribution in [0.3, 0.4) is 0 Å². The molecule has 2 rings (SSSR count). The van der Waals surface area contributed by atoms with E-state index in [0.29, 0.717) is 5.56 Å². The summed E-state index contributed by atoms with van der Waals surface area (Å²) in [7, 11) is -2.17. The quantitative estimate of drug-likeness (QED) is 0.618. The van der Waals surface area contributed by atoms with E-state index in [1.165, 1.54) is 19.2 Å². The molecule has 0 spiro atoms. The zero-order chi connectivity index (χ0) is 18.4. The maximum absolute atomic E-state index is 12.6. The molecular weight excluding hydrogens is 342 g/mol. The van der Waals surface area contributed by atoms with Gasteiger partial charge >= 0.3 is 0 Å². The van der Waals surface area contributed by atoms with Gasteiger partial charge in [0.05, 0.1) is 11.5 Å². The number of hydrogen-bond donors (Lipinski definition) is 3. The van der Waals surface area contributed by atoms with Gasteiger partial charge in [0, 0.05) is 31.3 Å². The van der Waals surface area contributed by atoms with Gasteiger partial charge in [-0.2, -0.15) is 0 Å². The number of carbonyl (C=O) groups is 1. The van der Waals surface area contributed by atoms with Gasteiger partial charge in [0.1, 0.15) is 0 Å². The second-order valence-electron chi connectivity index (χ2n) is 6.33. The Morgan fingerprint density at radius 2 is 2.16 bits per heavy atom. The van der Waals surface area contributed by atoms with E-state index in [4.69, 9.17) is 4.74 Å². The minimum absolute atomic E-state index is 0.0424. The minimum atomic E-state index is -3.67. The molecule has 0 aromatic heterocycles. The summed E-state index contributed by atoms with van der Waals surface area (Å²) < 4.78 is 32.0. The molecule has 1 saturated heterocycles. The summed E-state index contributed by atoms with van der Waals surface area (Å²) in [5.41, 5.74) is 1.12. The van der Waals surface area contributed by atoms with Crippen molar-refractivity contribution in [3.8, 4) is 0 Å². The van der Waals surface area contributed by atoms with Crippen molar-refractivity contribution in [3.05, 3.63) is 29.3 Å². The lowest BCUT2D eigenvalue weighted by molar-refractivity contribution is 0.0919. The number of rotatable bonds is 7. The average Bonchev–Trinajstić information content (AvgIpc) is 2.57. The largest absolute Gasteiger partial charge is 0.383 e. The van der Waals surface area contributed by atoms with Crippen molar-refractivity contribution < 1.29 is 17.9 Å². The number of methoxy groups -OCH3 is 1. The molecule has 25 heavy (non-hydrogen) atoms. The normalized spacial score (nSPS) is 21.1. The molecule has 3 N–H and O–H groups in total. The summed E-state index contributed by atoms with van der Waals surface area (Å²) in [6.45, 7) is 5.25. The fourth-order valence-electron chi connectivity index (χ4n) is 2.86. The number of hydrogen-bond acceptors (Lipinski definition) is 5. The fourth-order valence-corrected chi connectivity index (χ4v) is 3.90. The molecular formula is C17H27N3O4S. The Morgan fingerprint density at radius 3 is 2.84 bits per heavy atom. The molecule has 1 aromatic rings. The van der Waals surface area contributed by atoms with Crippen LogP contribution >= 0.6 is 0 Å². The van der Waals surface area contributed by atoms with Gasteiger partial charge in [0.15, 0.2) is 0 Å². The van der Waals surface area contributed by atoms with Gasteiger partial charge in [0.2, 0.25) is 10.0 Å². The van der Waals surface area contributed by atoms with Crippen LogP contribution < -0.4 is 15.4 Å². The van der Waals surface area contributed by atoms with Crippen molar-refractivity contribution in [1.29, 1.82) is 0 Å². The number of sulfonamides is 1. The summed E-state index contributed by atoms with van der Waals surface area (Å²) in [4.78, 5) is 12.7. The molecule has 0 saturated carbocycles. The topological polar surface area (TPSA) is 96.5 Å². The third-order valence-corrected chi connectivity index (χ3v) is 5.90. The second-order valence-corrected chi connectivity index (χ2v) is 8.10. The van der Waals surface area contributed by atoms with Gasteiger partial charge in [-0.25, -0.2) is 13.1 Å². The van der Waals surface area contributed by atoms with Gasteiger partial charge in [-0.15, -0.1) is 0 Å². The third kappa shape index (κ3) is 5.24. The molecule has 0 aliphatic carbocycles. The first kappa shape index (κ1) is 19.8. The number of benzene rings is 1. The number of nitrogens with one attached hydrogen (secondary N) is 3. The van der Waals surface area contributed by atoms with E-state index in [-0.39, 0.29) is 36.0 Å². The molecule has 0 bridgehead atoms. The van der Waals surface area contributed by atoms with Crippen LogP contribution in [0.2, 0.25) is 0 Å². The third-order valence-electron chi connectivity index (χ3n) is 4.44. The molecule has 7 nitrogen and oxygen atoms in total. The van der Waals surface area contributed by atoms with E-state index in [2.05, 4.69) is 15.4 Å². The van der Waals surface area contributed by atoms with Crippen LogP contribution in [-0.4, -0.2) is 53.2 Å². The molecule has 1 heterocycles. The highest BCUT2D eigenvalue weighted by Gasteiger charge is 2.24. The number of carbonyl (C=O) groups excluding carboxylic acids is 1. The van der Waals surface area contributed by atoms with Crippen LogP contribution in [0, 0.1) is 6.92 Å². The summed E-state index contributed by atoms with van der Waals surface area (Å²) >= 11 is 0. The zero-order valence-corrected chi connectivity index (χ0v) is 15.8. The molecule has 1 fully saturated rings. The van der Waals surface area contributed by atoms with Crippen LogP contribution in [0.4, 0.5) is 0 Å². The van der Waals surface area contributed by atoms with Crippen molar-refractivity contribution in [2.24, 2.45) is 0 Å². The van der Waals surface area contributed by atoms with E-state index in [1.54, 1.807) is 13.0 Å². The highest BCUT2D eigenvalue weighted by molar-refractivity contribution is 7.89. The van der Waals surface area contributed by atoms with Gasteiger partial charge in [-0.05, 0) is 50.9 Å². The van der Waals surface area contributed by atoms with E-state index in [1.807, 2.05) is 6.92 Å². The van der Waals surface area contributed by atoms with Crippen molar-refractivity contribution in [1.82, 2.24) is 15.4 Å². The van der Waals surface area contributed by atoms with Crippen molar-refractivity contribution >= 4 is 15.9 Å². The lowest BCUT2D eigenvalue weighted by Gasteiger charge is -2.30. The predicted molar refractivity (Wildman–Crippen MR) is 96.2 cm³/mol. The Bertz CT molecular complexity index is 706. The molecule has 2 unspecified atom stereocenters. The van der Waals surface area contributed by atoms with Crippen LogP contribution in [-0.2, 0) is 14.8 Å². The number of aryl methyl sites for hydroxylation is 1. The maximum Gasteiger partial charge on any atom is 0.251 e. The van der Waals surface area contributed by atoms with E-state index in [9.17, 15) is 13.2 Å². The van der Waals surface area contributed by atoms with E-state index >= 15 is 0 Å². The summed E-state index contributed by atoms with van der Waals surface area (Å²) in [6, 6.07) is 4.83. The number of ether oxygens (including phenoxy) is 1. The van der Waals surface area contributed by atoms with Crippen LogP contribution in [0.5, 0.6) is 0 Å². The first-order valence-electron chi connectivity index (χ1n) is 8.48. The first-order valence-corrected chi connectivity index (χ1v) is 9.97. The summed E-state index contributed by atoms with van der Waals surface area (Å²) in [5, 5.41) is 6.36. The summed E-state index contributed by atoms with van der Waals surface area (Å²) in [5.74, 6) is -0.244. The minimum Gasteiger partial charge on any atom is -0.383 e. The van der Waals surface area contributed by atoms with Gasteiger partial charge in [0.25, 0.3) is 5.91 Å². The lowest BCUT2D eigenvalue weighted by Crippen LogP contribution is -2.52. The number of amides is 1. The average molecular weight is 369 g/mol. The molecule has 140 valence electrons. The van der Waals surface area contributed by atoms with Crippen molar-refractivity contribution in [2.75, 3.05) is 26.8 Å².